The summed E-state index contributed by atoms with van der Waals surface area (Å²) in [6, 6.07) is 4.75. The van der Waals surface area contributed by atoms with E-state index in [1.54, 1.807) is 26.0 Å². The van der Waals surface area contributed by atoms with Gasteiger partial charge in [-0.2, -0.15) is 5.26 Å². The molecule has 78 valence electrons. The highest BCUT2D eigenvalue weighted by Gasteiger charge is 2.09. The van der Waals surface area contributed by atoms with Crippen LogP contribution in [0.4, 0.5) is 5.82 Å². The topological polar surface area (TPSA) is 91.8 Å². The third kappa shape index (κ3) is 2.95. The Kier molecular flexibility index (Phi) is 3.24. The molecule has 1 rings (SSSR count). The van der Waals surface area contributed by atoms with Crippen LogP contribution in [0, 0.1) is 18.3 Å². The van der Waals surface area contributed by atoms with Crippen molar-refractivity contribution in [3.8, 4) is 6.07 Å². The number of nitrogens with two attached hydrogens (primary N) is 1. The Bertz CT molecular complexity index is 422. The van der Waals surface area contributed by atoms with Gasteiger partial charge in [0.15, 0.2) is 0 Å². The number of amides is 1. The minimum Gasteiger partial charge on any atom is -0.368 e. The van der Waals surface area contributed by atoms with Gasteiger partial charge in [-0.1, -0.05) is 0 Å². The van der Waals surface area contributed by atoms with E-state index in [0.29, 0.717) is 17.1 Å². The third-order valence-corrected chi connectivity index (χ3v) is 1.87. The van der Waals surface area contributed by atoms with Gasteiger partial charge in [0, 0.05) is 5.69 Å². The lowest BCUT2D eigenvalue weighted by atomic mass is 10.2. The maximum Gasteiger partial charge on any atom is 0.239 e. The first-order valence-electron chi connectivity index (χ1n) is 4.47. The molecule has 1 heterocycles. The van der Waals surface area contributed by atoms with E-state index in [-0.39, 0.29) is 0 Å². The Balaban J connectivity index is 2.91. The lowest BCUT2D eigenvalue weighted by molar-refractivity contribution is -0.118. The third-order valence-electron chi connectivity index (χ3n) is 1.87. The number of rotatable bonds is 3. The van der Waals surface area contributed by atoms with Gasteiger partial charge in [0.2, 0.25) is 5.91 Å². The first-order valence-corrected chi connectivity index (χ1v) is 4.47. The molecule has 5 heteroatoms. The number of anilines is 1. The molecule has 0 saturated heterocycles. The number of aryl methyl sites for hydroxylation is 1. The molecule has 0 aliphatic rings. The predicted molar refractivity (Wildman–Crippen MR) is 56.0 cm³/mol. The van der Waals surface area contributed by atoms with Crippen LogP contribution in [0.5, 0.6) is 0 Å². The fourth-order valence-electron chi connectivity index (χ4n) is 1.10. The fraction of sp³-hybridized carbons (Fsp3) is 0.300. The van der Waals surface area contributed by atoms with Gasteiger partial charge in [0.25, 0.3) is 0 Å². The Morgan fingerprint density at radius 2 is 2.33 bits per heavy atom. The van der Waals surface area contributed by atoms with Crippen LogP contribution in [-0.2, 0) is 4.79 Å². The molecule has 0 aliphatic carbocycles. The van der Waals surface area contributed by atoms with Crippen molar-refractivity contribution in [3.05, 3.63) is 23.4 Å². The van der Waals surface area contributed by atoms with Crippen molar-refractivity contribution in [1.29, 1.82) is 5.26 Å². The summed E-state index contributed by atoms with van der Waals surface area (Å²) < 4.78 is 0. The molecule has 0 aliphatic heterocycles. The van der Waals surface area contributed by atoms with Crippen molar-refractivity contribution >= 4 is 11.7 Å². The average molecular weight is 204 g/mol. The van der Waals surface area contributed by atoms with E-state index in [2.05, 4.69) is 10.3 Å². The van der Waals surface area contributed by atoms with E-state index >= 15 is 0 Å². The summed E-state index contributed by atoms with van der Waals surface area (Å²) in [7, 11) is 0. The number of carbonyl (C=O) groups is 1. The highest BCUT2D eigenvalue weighted by Crippen LogP contribution is 2.10. The highest BCUT2D eigenvalue weighted by molar-refractivity contribution is 5.82. The zero-order chi connectivity index (χ0) is 11.4. The molecule has 0 spiro atoms. The average Bonchev–Trinajstić information content (AvgIpc) is 2.16. The van der Waals surface area contributed by atoms with Crippen LogP contribution >= 0.6 is 0 Å². The van der Waals surface area contributed by atoms with Gasteiger partial charge < -0.3 is 11.1 Å². The monoisotopic (exact) mass is 204 g/mol. The summed E-state index contributed by atoms with van der Waals surface area (Å²) >= 11 is 0. The number of aromatic nitrogens is 1. The number of pyridine rings is 1. The normalized spacial score (nSPS) is 11.5. The first kappa shape index (κ1) is 11.0. The summed E-state index contributed by atoms with van der Waals surface area (Å²) in [5.41, 5.74) is 6.32. The Labute approximate surface area is 87.9 Å². The largest absolute Gasteiger partial charge is 0.368 e. The molecule has 0 radical (unpaired) electrons. The molecule has 3 N–H and O–H groups in total. The summed E-state index contributed by atoms with van der Waals surface area (Å²) in [6.07, 6.45) is 0. The minimum atomic E-state index is -0.508. The molecular weight excluding hydrogens is 192 g/mol. The zero-order valence-electron chi connectivity index (χ0n) is 8.61. The smallest absolute Gasteiger partial charge is 0.239 e. The first-order chi connectivity index (χ1) is 7.02. The molecule has 5 nitrogen and oxygen atoms in total. The molecule has 0 aromatic carbocycles. The number of nitrogens with zero attached hydrogens (tertiary/aromatic N) is 2. The summed E-state index contributed by atoms with van der Waals surface area (Å²) in [4.78, 5) is 14.9. The van der Waals surface area contributed by atoms with Crippen LogP contribution < -0.4 is 11.1 Å². The van der Waals surface area contributed by atoms with Crippen LogP contribution in [0.25, 0.3) is 0 Å². The van der Waals surface area contributed by atoms with Crippen molar-refractivity contribution in [3.63, 3.8) is 0 Å². The number of hydrogen-bond acceptors (Lipinski definition) is 4. The molecule has 15 heavy (non-hydrogen) atoms. The number of hydrogen-bond donors (Lipinski definition) is 2. The summed E-state index contributed by atoms with van der Waals surface area (Å²) in [5.74, 6) is 0.0228. The molecule has 1 aromatic rings. The fourth-order valence-corrected chi connectivity index (χ4v) is 1.10. The van der Waals surface area contributed by atoms with Crippen molar-refractivity contribution in [2.45, 2.75) is 19.9 Å². The van der Waals surface area contributed by atoms with Crippen molar-refractivity contribution < 1.29 is 4.79 Å². The molecule has 1 aromatic heterocycles. The quantitative estimate of drug-likeness (QED) is 0.751. The van der Waals surface area contributed by atoms with E-state index < -0.39 is 11.9 Å². The summed E-state index contributed by atoms with van der Waals surface area (Å²) in [5, 5.41) is 11.6. The molecule has 0 saturated carbocycles. The lowest BCUT2D eigenvalue weighted by Gasteiger charge is -2.11. The Morgan fingerprint density at radius 1 is 1.67 bits per heavy atom. The van der Waals surface area contributed by atoms with Crippen LogP contribution in [0.1, 0.15) is 18.2 Å². The minimum absolute atomic E-state index is 0.461. The SMILES string of the molecule is Cc1cc(C#N)cc(NC(C)C(N)=O)n1. The number of primary amides is 1. The standard InChI is InChI=1S/C10H12N4O/c1-6-3-8(5-11)4-9(13-6)14-7(2)10(12)15/h3-4,7H,1-2H3,(H2,12,15)(H,13,14). The van der Waals surface area contributed by atoms with E-state index in [1.807, 2.05) is 6.07 Å². The zero-order valence-corrected chi connectivity index (χ0v) is 8.61. The van der Waals surface area contributed by atoms with E-state index in [9.17, 15) is 4.79 Å². The van der Waals surface area contributed by atoms with Gasteiger partial charge in [0.05, 0.1) is 11.6 Å². The second kappa shape index (κ2) is 4.42. The predicted octanol–water partition coefficient (Wildman–Crippen LogP) is 0.547. The van der Waals surface area contributed by atoms with Gasteiger partial charge >= 0.3 is 0 Å². The molecule has 1 amide bonds. The van der Waals surface area contributed by atoms with Crippen molar-refractivity contribution in [2.75, 3.05) is 5.32 Å². The van der Waals surface area contributed by atoms with Gasteiger partial charge in [-0.15, -0.1) is 0 Å². The van der Waals surface area contributed by atoms with Crippen LogP contribution in [0.15, 0.2) is 12.1 Å². The van der Waals surface area contributed by atoms with E-state index in [0.717, 1.165) is 0 Å². The van der Waals surface area contributed by atoms with E-state index in [4.69, 9.17) is 11.0 Å². The molecule has 1 unspecified atom stereocenters. The van der Waals surface area contributed by atoms with Crippen molar-refractivity contribution in [2.24, 2.45) is 5.73 Å². The number of nitriles is 1. The van der Waals surface area contributed by atoms with Crippen LogP contribution in [0.3, 0.4) is 0 Å². The maximum atomic E-state index is 10.8. The number of nitrogens with one attached hydrogen (secondary N) is 1. The van der Waals surface area contributed by atoms with Gasteiger partial charge in [0.1, 0.15) is 11.9 Å². The van der Waals surface area contributed by atoms with E-state index in [1.165, 1.54) is 0 Å². The molecular formula is C10H12N4O. The van der Waals surface area contributed by atoms with Crippen LogP contribution in [0.2, 0.25) is 0 Å². The van der Waals surface area contributed by atoms with Gasteiger partial charge in [-0.05, 0) is 26.0 Å². The van der Waals surface area contributed by atoms with Gasteiger partial charge in [-0.25, -0.2) is 4.98 Å². The highest BCUT2D eigenvalue weighted by atomic mass is 16.1. The Hall–Kier alpha value is -2.09. The second-order valence-electron chi connectivity index (χ2n) is 3.26. The summed E-state index contributed by atoms with van der Waals surface area (Å²) in [6.45, 7) is 3.42. The maximum absolute atomic E-state index is 10.8. The Morgan fingerprint density at radius 3 is 2.87 bits per heavy atom. The van der Waals surface area contributed by atoms with Crippen LogP contribution in [-0.4, -0.2) is 16.9 Å². The van der Waals surface area contributed by atoms with Crippen molar-refractivity contribution in [1.82, 2.24) is 4.98 Å². The van der Waals surface area contributed by atoms with Gasteiger partial charge in [-0.3, -0.25) is 4.79 Å². The lowest BCUT2D eigenvalue weighted by Crippen LogP contribution is -2.32. The molecule has 1 atom stereocenters. The second-order valence-corrected chi connectivity index (χ2v) is 3.26. The molecule has 0 fully saturated rings. The number of carbonyl (C=O) groups excluding carboxylic acids is 1. The molecule has 0 bridgehead atoms.